The maximum absolute atomic E-state index is 3.82. The Labute approximate surface area is 125 Å². The van der Waals surface area contributed by atoms with Crippen LogP contribution in [0.3, 0.4) is 0 Å². The van der Waals surface area contributed by atoms with E-state index in [-0.39, 0.29) is 0 Å². The molecule has 20 heavy (non-hydrogen) atoms. The van der Waals surface area contributed by atoms with Gasteiger partial charge in [-0.25, -0.2) is 0 Å². The lowest BCUT2D eigenvalue weighted by atomic mass is 9.93. The summed E-state index contributed by atoms with van der Waals surface area (Å²) < 4.78 is 0. The van der Waals surface area contributed by atoms with Gasteiger partial charge in [-0.1, -0.05) is 32.6 Å². The van der Waals surface area contributed by atoms with E-state index in [1.54, 1.807) is 0 Å². The molecule has 0 spiro atoms. The SMILES string of the molecule is CCNC(CN1CCCC1C1CCCC1)C1CCCC1. The maximum atomic E-state index is 3.82. The van der Waals surface area contributed by atoms with E-state index in [1.807, 2.05) is 0 Å². The van der Waals surface area contributed by atoms with E-state index >= 15 is 0 Å². The molecule has 0 aromatic rings. The molecule has 2 aliphatic carbocycles. The summed E-state index contributed by atoms with van der Waals surface area (Å²) in [4.78, 5) is 2.88. The van der Waals surface area contributed by atoms with Crippen molar-refractivity contribution < 1.29 is 0 Å². The average Bonchev–Trinajstić information content (AvgIpc) is 3.20. The van der Waals surface area contributed by atoms with Crippen molar-refractivity contribution in [1.82, 2.24) is 10.2 Å². The number of likely N-dealkylation sites (N-methyl/N-ethyl adjacent to an activating group) is 1. The van der Waals surface area contributed by atoms with Crippen LogP contribution in [0.25, 0.3) is 0 Å². The van der Waals surface area contributed by atoms with Gasteiger partial charge in [-0.3, -0.25) is 4.90 Å². The summed E-state index contributed by atoms with van der Waals surface area (Å²) in [6, 6.07) is 1.70. The highest BCUT2D eigenvalue weighted by Gasteiger charge is 2.35. The lowest BCUT2D eigenvalue weighted by Gasteiger charge is -2.35. The van der Waals surface area contributed by atoms with Gasteiger partial charge in [0, 0.05) is 18.6 Å². The van der Waals surface area contributed by atoms with Crippen LogP contribution >= 0.6 is 0 Å². The Morgan fingerprint density at radius 3 is 2.35 bits per heavy atom. The molecule has 0 bridgehead atoms. The Kier molecular flexibility index (Phi) is 5.39. The van der Waals surface area contributed by atoms with Gasteiger partial charge < -0.3 is 5.32 Å². The second kappa shape index (κ2) is 7.26. The van der Waals surface area contributed by atoms with Crippen LogP contribution in [0.15, 0.2) is 0 Å². The number of hydrogen-bond acceptors (Lipinski definition) is 2. The van der Waals surface area contributed by atoms with Gasteiger partial charge >= 0.3 is 0 Å². The van der Waals surface area contributed by atoms with Crippen LogP contribution in [0, 0.1) is 11.8 Å². The molecule has 0 aromatic heterocycles. The number of hydrogen-bond donors (Lipinski definition) is 1. The Bertz CT molecular complexity index is 279. The zero-order valence-electron chi connectivity index (χ0n) is 13.4. The monoisotopic (exact) mass is 278 g/mol. The predicted octanol–water partition coefficient (Wildman–Crippen LogP) is 3.81. The molecule has 0 aromatic carbocycles. The summed E-state index contributed by atoms with van der Waals surface area (Å²) >= 11 is 0. The van der Waals surface area contributed by atoms with Crippen LogP contribution in [-0.4, -0.2) is 36.6 Å². The first-order valence-corrected chi connectivity index (χ1v) is 9.36. The van der Waals surface area contributed by atoms with Gasteiger partial charge in [-0.05, 0) is 63.5 Å². The molecule has 0 radical (unpaired) electrons. The molecule has 0 amide bonds. The van der Waals surface area contributed by atoms with Gasteiger partial charge in [0.05, 0.1) is 0 Å². The molecule has 2 saturated carbocycles. The molecule has 1 saturated heterocycles. The van der Waals surface area contributed by atoms with Crippen molar-refractivity contribution in [1.29, 1.82) is 0 Å². The summed E-state index contributed by atoms with van der Waals surface area (Å²) in [6.07, 6.45) is 14.8. The van der Waals surface area contributed by atoms with Gasteiger partial charge in [0.25, 0.3) is 0 Å². The zero-order chi connectivity index (χ0) is 13.8. The van der Waals surface area contributed by atoms with Crippen molar-refractivity contribution in [2.75, 3.05) is 19.6 Å². The van der Waals surface area contributed by atoms with Gasteiger partial charge in [-0.15, -0.1) is 0 Å². The van der Waals surface area contributed by atoms with E-state index in [9.17, 15) is 0 Å². The predicted molar refractivity (Wildman–Crippen MR) is 86.0 cm³/mol. The molecule has 2 atom stereocenters. The number of nitrogens with one attached hydrogen (secondary N) is 1. The first-order valence-electron chi connectivity index (χ1n) is 9.36. The van der Waals surface area contributed by atoms with E-state index in [0.29, 0.717) is 0 Å². The molecule has 1 N–H and O–H groups in total. The van der Waals surface area contributed by atoms with E-state index in [1.165, 1.54) is 77.3 Å². The molecule has 2 unspecified atom stereocenters. The van der Waals surface area contributed by atoms with Crippen LogP contribution < -0.4 is 5.32 Å². The molecular weight excluding hydrogens is 244 g/mol. The maximum Gasteiger partial charge on any atom is 0.0223 e. The standard InChI is InChI=1S/C18H34N2/c1-2-19-17(15-8-3-4-9-15)14-20-13-7-12-18(20)16-10-5-6-11-16/h15-19H,2-14H2,1H3. The third kappa shape index (κ3) is 3.39. The molecule has 2 nitrogen and oxygen atoms in total. The average molecular weight is 278 g/mol. The Hall–Kier alpha value is -0.0800. The first kappa shape index (κ1) is 14.8. The van der Waals surface area contributed by atoms with E-state index in [0.717, 1.165) is 30.5 Å². The highest BCUT2D eigenvalue weighted by atomic mass is 15.2. The third-order valence-electron chi connectivity index (χ3n) is 6.22. The van der Waals surface area contributed by atoms with Crippen molar-refractivity contribution in [3.63, 3.8) is 0 Å². The largest absolute Gasteiger partial charge is 0.313 e. The zero-order valence-corrected chi connectivity index (χ0v) is 13.4. The fraction of sp³-hybridized carbons (Fsp3) is 1.00. The lowest BCUT2D eigenvalue weighted by molar-refractivity contribution is 0.155. The Morgan fingerprint density at radius 1 is 0.950 bits per heavy atom. The summed E-state index contributed by atoms with van der Waals surface area (Å²) in [7, 11) is 0. The van der Waals surface area contributed by atoms with Gasteiger partial charge in [0.1, 0.15) is 0 Å². The summed E-state index contributed by atoms with van der Waals surface area (Å²) in [6.45, 7) is 6.12. The molecule has 1 aliphatic heterocycles. The van der Waals surface area contributed by atoms with Crippen molar-refractivity contribution in [3.8, 4) is 0 Å². The molecule has 2 heteroatoms. The third-order valence-corrected chi connectivity index (χ3v) is 6.22. The highest BCUT2D eigenvalue weighted by Crippen LogP contribution is 2.36. The first-order chi connectivity index (χ1) is 9.88. The molecule has 3 aliphatic rings. The van der Waals surface area contributed by atoms with Crippen LogP contribution in [0.1, 0.15) is 71.1 Å². The summed E-state index contributed by atoms with van der Waals surface area (Å²) in [5, 5.41) is 3.82. The van der Waals surface area contributed by atoms with Crippen molar-refractivity contribution >= 4 is 0 Å². The Morgan fingerprint density at radius 2 is 1.65 bits per heavy atom. The lowest BCUT2D eigenvalue weighted by Crippen LogP contribution is -2.47. The van der Waals surface area contributed by atoms with Crippen molar-refractivity contribution in [2.24, 2.45) is 11.8 Å². The topological polar surface area (TPSA) is 15.3 Å². The second-order valence-corrected chi connectivity index (χ2v) is 7.46. The van der Waals surface area contributed by atoms with Crippen LogP contribution in [0.2, 0.25) is 0 Å². The highest BCUT2D eigenvalue weighted by molar-refractivity contribution is 4.91. The Balaban J connectivity index is 1.58. The number of rotatable bonds is 6. The minimum Gasteiger partial charge on any atom is -0.313 e. The van der Waals surface area contributed by atoms with E-state index in [4.69, 9.17) is 0 Å². The number of likely N-dealkylation sites (tertiary alicyclic amines) is 1. The van der Waals surface area contributed by atoms with Crippen molar-refractivity contribution in [3.05, 3.63) is 0 Å². The quantitative estimate of drug-likeness (QED) is 0.795. The van der Waals surface area contributed by atoms with Gasteiger partial charge in [-0.2, -0.15) is 0 Å². The summed E-state index contributed by atoms with van der Waals surface area (Å²) in [5.41, 5.74) is 0. The molecule has 3 rings (SSSR count). The smallest absolute Gasteiger partial charge is 0.0223 e. The number of nitrogens with zero attached hydrogens (tertiary/aromatic N) is 1. The van der Waals surface area contributed by atoms with Gasteiger partial charge in [0.15, 0.2) is 0 Å². The van der Waals surface area contributed by atoms with Crippen molar-refractivity contribution in [2.45, 2.75) is 83.2 Å². The molecular formula is C18H34N2. The molecule has 116 valence electrons. The fourth-order valence-corrected chi connectivity index (χ4v) is 5.21. The fourth-order valence-electron chi connectivity index (χ4n) is 5.21. The van der Waals surface area contributed by atoms with Gasteiger partial charge in [0.2, 0.25) is 0 Å². The summed E-state index contributed by atoms with van der Waals surface area (Å²) in [5.74, 6) is 1.99. The normalized spacial score (nSPS) is 31.4. The minimum absolute atomic E-state index is 0.768. The van der Waals surface area contributed by atoms with Crippen LogP contribution in [0.5, 0.6) is 0 Å². The molecule has 3 fully saturated rings. The van der Waals surface area contributed by atoms with E-state index < -0.39 is 0 Å². The van der Waals surface area contributed by atoms with Crippen LogP contribution in [-0.2, 0) is 0 Å². The molecule has 1 heterocycles. The van der Waals surface area contributed by atoms with Crippen LogP contribution in [0.4, 0.5) is 0 Å². The minimum atomic E-state index is 0.768. The van der Waals surface area contributed by atoms with E-state index in [2.05, 4.69) is 17.1 Å². The second-order valence-electron chi connectivity index (χ2n) is 7.46.